The monoisotopic (exact) mass is 383 g/mol. The van der Waals surface area contributed by atoms with Gasteiger partial charge in [-0.2, -0.15) is 0 Å². The van der Waals surface area contributed by atoms with Crippen LogP contribution in [0, 0.1) is 0 Å². The summed E-state index contributed by atoms with van der Waals surface area (Å²) in [5, 5.41) is 1.85. The Kier molecular flexibility index (Phi) is 5.68. The van der Waals surface area contributed by atoms with Crippen molar-refractivity contribution in [3.8, 4) is 11.5 Å². The Hall–Kier alpha value is -1.73. The summed E-state index contributed by atoms with van der Waals surface area (Å²) >= 11 is 4.30. The molecule has 1 saturated heterocycles. The molecule has 0 unspecified atom stereocenters. The summed E-state index contributed by atoms with van der Waals surface area (Å²) in [6.45, 7) is 6.32. The second-order valence-electron chi connectivity index (χ2n) is 4.21. The van der Waals surface area contributed by atoms with E-state index < -0.39 is 5.91 Å². The molecule has 1 aromatic carbocycles. The Morgan fingerprint density at radius 1 is 1.32 bits per heavy atom. The zero-order chi connectivity index (χ0) is 16.1. The third-order valence-electron chi connectivity index (χ3n) is 2.65. The molecular weight excluding hydrogens is 370 g/mol. The molecule has 0 aliphatic carbocycles. The summed E-state index contributed by atoms with van der Waals surface area (Å²) in [7, 11) is 0. The van der Waals surface area contributed by atoms with Crippen molar-refractivity contribution in [1.82, 2.24) is 5.32 Å². The lowest BCUT2D eigenvalue weighted by atomic mass is 10.2. The molecule has 0 atom stereocenters. The molecular formula is C15H14BrNO4S. The molecule has 1 fully saturated rings. The molecule has 2 rings (SSSR count). The Labute approximate surface area is 140 Å². The van der Waals surface area contributed by atoms with Crippen molar-refractivity contribution in [2.24, 2.45) is 0 Å². The van der Waals surface area contributed by atoms with Crippen LogP contribution in [0.4, 0.5) is 4.79 Å². The van der Waals surface area contributed by atoms with Crippen LogP contribution in [0.5, 0.6) is 11.5 Å². The van der Waals surface area contributed by atoms with Crippen LogP contribution in [0.3, 0.4) is 0 Å². The maximum absolute atomic E-state index is 11.6. The van der Waals surface area contributed by atoms with Gasteiger partial charge in [0.1, 0.15) is 6.61 Å². The average molecular weight is 384 g/mol. The fourth-order valence-corrected chi connectivity index (χ4v) is 2.86. The zero-order valence-electron chi connectivity index (χ0n) is 11.8. The number of benzene rings is 1. The van der Waals surface area contributed by atoms with E-state index in [2.05, 4.69) is 27.8 Å². The molecule has 0 spiro atoms. The summed E-state index contributed by atoms with van der Waals surface area (Å²) in [6, 6.07) is 3.52. The Balaban J connectivity index is 2.37. The fraction of sp³-hybridized carbons (Fsp3) is 0.200. The normalized spacial score (nSPS) is 15.8. The van der Waals surface area contributed by atoms with Gasteiger partial charge in [0.2, 0.25) is 0 Å². The van der Waals surface area contributed by atoms with Crippen molar-refractivity contribution >= 4 is 44.9 Å². The lowest BCUT2D eigenvalue weighted by Gasteiger charge is -2.13. The third-order valence-corrected chi connectivity index (χ3v) is 4.15. The Morgan fingerprint density at radius 2 is 2.05 bits per heavy atom. The van der Waals surface area contributed by atoms with Crippen LogP contribution < -0.4 is 14.8 Å². The first-order valence-electron chi connectivity index (χ1n) is 6.50. The first-order chi connectivity index (χ1) is 10.5. The van der Waals surface area contributed by atoms with E-state index in [0.29, 0.717) is 29.6 Å². The number of ether oxygens (including phenoxy) is 2. The fourth-order valence-electron chi connectivity index (χ4n) is 1.75. The number of carbonyl (C=O) groups is 2. The van der Waals surface area contributed by atoms with E-state index in [1.54, 1.807) is 24.3 Å². The van der Waals surface area contributed by atoms with Crippen molar-refractivity contribution in [3.05, 3.63) is 39.7 Å². The van der Waals surface area contributed by atoms with Crippen LogP contribution in [0.1, 0.15) is 12.5 Å². The van der Waals surface area contributed by atoms with Crippen LogP contribution in [0.25, 0.3) is 6.08 Å². The van der Waals surface area contributed by atoms with Crippen molar-refractivity contribution in [3.63, 3.8) is 0 Å². The SMILES string of the molecule is C=CCOc1cc(Br)c(/C=C2\SC(=O)NC2=O)cc1OCC. The first-order valence-corrected chi connectivity index (χ1v) is 8.11. The third kappa shape index (κ3) is 3.92. The largest absolute Gasteiger partial charge is 0.490 e. The van der Waals surface area contributed by atoms with E-state index >= 15 is 0 Å². The van der Waals surface area contributed by atoms with Gasteiger partial charge in [-0.05, 0) is 42.5 Å². The highest BCUT2D eigenvalue weighted by Crippen LogP contribution is 2.36. The number of hydrogen-bond acceptors (Lipinski definition) is 5. The number of amides is 2. The first kappa shape index (κ1) is 16.6. The molecule has 2 amide bonds. The minimum atomic E-state index is -0.396. The number of carbonyl (C=O) groups excluding carboxylic acids is 2. The maximum Gasteiger partial charge on any atom is 0.290 e. The molecule has 1 N–H and O–H groups in total. The number of nitrogens with one attached hydrogen (secondary N) is 1. The topological polar surface area (TPSA) is 64.6 Å². The van der Waals surface area contributed by atoms with Crippen LogP contribution in [0.15, 0.2) is 34.2 Å². The van der Waals surface area contributed by atoms with Crippen molar-refractivity contribution in [1.29, 1.82) is 0 Å². The van der Waals surface area contributed by atoms with Gasteiger partial charge in [0.05, 0.1) is 11.5 Å². The number of halogens is 1. The molecule has 1 aliphatic rings. The molecule has 0 saturated carbocycles. The average Bonchev–Trinajstić information content (AvgIpc) is 2.79. The van der Waals surface area contributed by atoms with Crippen LogP contribution >= 0.6 is 27.7 Å². The van der Waals surface area contributed by atoms with Crippen molar-refractivity contribution in [2.75, 3.05) is 13.2 Å². The molecule has 1 aromatic rings. The number of imide groups is 1. The van der Waals surface area contributed by atoms with Gasteiger partial charge in [0.15, 0.2) is 11.5 Å². The smallest absolute Gasteiger partial charge is 0.290 e. The quantitative estimate of drug-likeness (QED) is 0.598. The van der Waals surface area contributed by atoms with E-state index in [9.17, 15) is 9.59 Å². The molecule has 116 valence electrons. The minimum Gasteiger partial charge on any atom is -0.490 e. The van der Waals surface area contributed by atoms with Gasteiger partial charge in [0, 0.05) is 4.47 Å². The molecule has 7 heteroatoms. The van der Waals surface area contributed by atoms with E-state index in [0.717, 1.165) is 21.8 Å². The summed E-state index contributed by atoms with van der Waals surface area (Å²) < 4.78 is 11.8. The lowest BCUT2D eigenvalue weighted by Crippen LogP contribution is -2.17. The van der Waals surface area contributed by atoms with Gasteiger partial charge in [-0.1, -0.05) is 28.6 Å². The Bertz CT molecular complexity index is 657. The number of hydrogen-bond donors (Lipinski definition) is 1. The summed E-state index contributed by atoms with van der Waals surface area (Å²) in [5.41, 5.74) is 0.724. The number of thioether (sulfide) groups is 1. The molecule has 0 bridgehead atoms. The van der Waals surface area contributed by atoms with Gasteiger partial charge >= 0.3 is 0 Å². The van der Waals surface area contributed by atoms with Crippen molar-refractivity contribution in [2.45, 2.75) is 6.92 Å². The highest BCUT2D eigenvalue weighted by Gasteiger charge is 2.25. The van der Waals surface area contributed by atoms with E-state index in [1.807, 2.05) is 6.92 Å². The molecule has 1 heterocycles. The van der Waals surface area contributed by atoms with Gasteiger partial charge in [-0.15, -0.1) is 0 Å². The van der Waals surface area contributed by atoms with Gasteiger partial charge in [-0.3, -0.25) is 14.9 Å². The van der Waals surface area contributed by atoms with E-state index in [-0.39, 0.29) is 5.24 Å². The second kappa shape index (κ2) is 7.51. The van der Waals surface area contributed by atoms with Gasteiger partial charge < -0.3 is 9.47 Å². The summed E-state index contributed by atoms with van der Waals surface area (Å²) in [5.74, 6) is 0.747. The number of rotatable bonds is 6. The predicted molar refractivity (Wildman–Crippen MR) is 90.1 cm³/mol. The van der Waals surface area contributed by atoms with E-state index in [1.165, 1.54) is 0 Å². The molecule has 1 aliphatic heterocycles. The molecule has 0 aromatic heterocycles. The standard InChI is InChI=1S/C15H14BrNO4S/c1-3-5-21-12-8-10(16)9(6-11(12)20-4-2)7-13-14(18)17-15(19)22-13/h3,6-8H,1,4-5H2,2H3,(H,17,18,19)/b13-7-. The van der Waals surface area contributed by atoms with Crippen LogP contribution in [-0.2, 0) is 4.79 Å². The second-order valence-corrected chi connectivity index (χ2v) is 6.07. The van der Waals surface area contributed by atoms with Gasteiger partial charge in [0.25, 0.3) is 11.1 Å². The minimum absolute atomic E-state index is 0.341. The van der Waals surface area contributed by atoms with Crippen LogP contribution in [-0.4, -0.2) is 24.4 Å². The highest BCUT2D eigenvalue weighted by molar-refractivity contribution is 9.10. The summed E-state index contributed by atoms with van der Waals surface area (Å²) in [6.07, 6.45) is 3.28. The van der Waals surface area contributed by atoms with Gasteiger partial charge in [-0.25, -0.2) is 0 Å². The highest BCUT2D eigenvalue weighted by atomic mass is 79.9. The molecule has 0 radical (unpaired) electrons. The predicted octanol–water partition coefficient (Wildman–Crippen LogP) is 3.74. The van der Waals surface area contributed by atoms with E-state index in [4.69, 9.17) is 9.47 Å². The van der Waals surface area contributed by atoms with Crippen molar-refractivity contribution < 1.29 is 19.1 Å². The lowest BCUT2D eigenvalue weighted by molar-refractivity contribution is -0.115. The summed E-state index contributed by atoms with van der Waals surface area (Å²) in [4.78, 5) is 23.2. The van der Waals surface area contributed by atoms with Crippen LogP contribution in [0.2, 0.25) is 0 Å². The Morgan fingerprint density at radius 3 is 2.64 bits per heavy atom. The zero-order valence-corrected chi connectivity index (χ0v) is 14.3. The molecule has 22 heavy (non-hydrogen) atoms. The maximum atomic E-state index is 11.6. The molecule has 5 nitrogen and oxygen atoms in total.